The lowest BCUT2D eigenvalue weighted by Gasteiger charge is -2.08. The number of hydrogen-bond acceptors (Lipinski definition) is 4. The van der Waals surface area contributed by atoms with Gasteiger partial charge in [0.1, 0.15) is 0 Å². The van der Waals surface area contributed by atoms with Crippen molar-refractivity contribution in [2.45, 2.75) is 20.8 Å². The lowest BCUT2D eigenvalue weighted by atomic mass is 10.1. The van der Waals surface area contributed by atoms with Crippen LogP contribution in [0.4, 0.5) is 5.69 Å². The number of benzene rings is 1. The molecule has 0 aliphatic carbocycles. The van der Waals surface area contributed by atoms with Crippen LogP contribution in [0.5, 0.6) is 0 Å². The van der Waals surface area contributed by atoms with E-state index in [4.69, 9.17) is 0 Å². The van der Waals surface area contributed by atoms with Gasteiger partial charge < -0.3 is 10.6 Å². The van der Waals surface area contributed by atoms with Gasteiger partial charge in [0.25, 0.3) is 5.91 Å². The summed E-state index contributed by atoms with van der Waals surface area (Å²) in [7, 11) is 0. The summed E-state index contributed by atoms with van der Waals surface area (Å²) in [5, 5.41) is 5.40. The molecule has 0 aliphatic rings. The summed E-state index contributed by atoms with van der Waals surface area (Å²) in [6.07, 6.45) is 0. The first-order valence-corrected chi connectivity index (χ1v) is 7.68. The quantitative estimate of drug-likeness (QED) is 0.845. The molecule has 0 saturated heterocycles. The van der Waals surface area contributed by atoms with Crippen LogP contribution in [0.15, 0.2) is 24.3 Å². The molecular weight excluding hydrogens is 288 g/mol. The zero-order valence-corrected chi connectivity index (χ0v) is 13.3. The Morgan fingerprint density at radius 2 is 1.76 bits per heavy atom. The standard InChI is InChI=1S/C15H20N2O3S/c1-10(2)8-16-15(20)12-4-6-13(7-5-12)17-14(19)9-21-11(3)18/h4-7,10H,8-9H2,1-3H3,(H,16,20)(H,17,19). The number of carbonyl (C=O) groups is 3. The minimum Gasteiger partial charge on any atom is -0.352 e. The molecule has 5 nitrogen and oxygen atoms in total. The summed E-state index contributed by atoms with van der Waals surface area (Å²) >= 11 is 0.961. The second-order valence-corrected chi connectivity index (χ2v) is 6.16. The first-order valence-electron chi connectivity index (χ1n) is 6.70. The van der Waals surface area contributed by atoms with E-state index in [-0.39, 0.29) is 22.7 Å². The number of anilines is 1. The highest BCUT2D eigenvalue weighted by atomic mass is 32.2. The first kappa shape index (κ1) is 17.2. The van der Waals surface area contributed by atoms with Gasteiger partial charge in [-0.3, -0.25) is 14.4 Å². The van der Waals surface area contributed by atoms with Crippen LogP contribution < -0.4 is 10.6 Å². The van der Waals surface area contributed by atoms with Crippen molar-refractivity contribution in [2.75, 3.05) is 17.6 Å². The molecule has 0 saturated carbocycles. The van der Waals surface area contributed by atoms with Crippen LogP contribution in [0.2, 0.25) is 0 Å². The molecule has 0 aliphatic heterocycles. The largest absolute Gasteiger partial charge is 0.352 e. The van der Waals surface area contributed by atoms with Gasteiger partial charge in [0.05, 0.1) is 5.75 Å². The van der Waals surface area contributed by atoms with Gasteiger partial charge in [-0.15, -0.1) is 0 Å². The van der Waals surface area contributed by atoms with Crippen molar-refractivity contribution in [1.82, 2.24) is 5.32 Å². The monoisotopic (exact) mass is 308 g/mol. The molecule has 1 rings (SSSR count). The van der Waals surface area contributed by atoms with Crippen molar-refractivity contribution in [2.24, 2.45) is 5.92 Å². The Morgan fingerprint density at radius 3 is 2.29 bits per heavy atom. The Hall–Kier alpha value is -1.82. The number of thioether (sulfide) groups is 1. The Balaban J connectivity index is 2.51. The predicted molar refractivity (Wildman–Crippen MR) is 85.4 cm³/mol. The van der Waals surface area contributed by atoms with Gasteiger partial charge in [-0.05, 0) is 30.2 Å². The average Bonchev–Trinajstić information content (AvgIpc) is 2.43. The molecule has 2 amide bonds. The molecule has 0 aromatic heterocycles. The van der Waals surface area contributed by atoms with Crippen LogP contribution in [-0.2, 0) is 9.59 Å². The molecular formula is C15H20N2O3S. The van der Waals surface area contributed by atoms with E-state index in [0.717, 1.165) is 11.8 Å². The lowest BCUT2D eigenvalue weighted by molar-refractivity contribution is -0.114. The fourth-order valence-corrected chi connectivity index (χ4v) is 1.87. The summed E-state index contributed by atoms with van der Waals surface area (Å²) in [6, 6.07) is 6.65. The summed E-state index contributed by atoms with van der Waals surface area (Å²) in [5.41, 5.74) is 1.15. The molecule has 0 bridgehead atoms. The van der Waals surface area contributed by atoms with E-state index in [2.05, 4.69) is 10.6 Å². The highest BCUT2D eigenvalue weighted by Crippen LogP contribution is 2.11. The highest BCUT2D eigenvalue weighted by molar-refractivity contribution is 8.14. The second kappa shape index (κ2) is 8.46. The van der Waals surface area contributed by atoms with E-state index >= 15 is 0 Å². The molecule has 1 aromatic rings. The van der Waals surface area contributed by atoms with Crippen molar-refractivity contribution in [1.29, 1.82) is 0 Å². The van der Waals surface area contributed by atoms with Crippen molar-refractivity contribution >= 4 is 34.4 Å². The fourth-order valence-electron chi connectivity index (χ4n) is 1.47. The van der Waals surface area contributed by atoms with E-state index in [0.29, 0.717) is 23.7 Å². The maximum atomic E-state index is 11.8. The van der Waals surface area contributed by atoms with Gasteiger partial charge >= 0.3 is 0 Å². The van der Waals surface area contributed by atoms with Gasteiger partial charge in [0.2, 0.25) is 5.91 Å². The molecule has 0 fully saturated rings. The third-order valence-corrected chi connectivity index (χ3v) is 3.32. The first-order chi connectivity index (χ1) is 9.88. The van der Waals surface area contributed by atoms with Gasteiger partial charge in [-0.25, -0.2) is 0 Å². The average molecular weight is 308 g/mol. The summed E-state index contributed by atoms with van der Waals surface area (Å²) in [4.78, 5) is 34.1. The smallest absolute Gasteiger partial charge is 0.251 e. The number of rotatable bonds is 6. The van der Waals surface area contributed by atoms with Crippen LogP contribution in [0.25, 0.3) is 0 Å². The fraction of sp³-hybridized carbons (Fsp3) is 0.400. The maximum Gasteiger partial charge on any atom is 0.251 e. The van der Waals surface area contributed by atoms with Gasteiger partial charge in [0, 0.05) is 24.7 Å². The Bertz CT molecular complexity index is 512. The maximum absolute atomic E-state index is 11.8. The van der Waals surface area contributed by atoms with Crippen molar-refractivity contribution in [3.8, 4) is 0 Å². The minimum atomic E-state index is -0.243. The summed E-state index contributed by atoms with van der Waals surface area (Å²) in [6.45, 7) is 6.10. The molecule has 0 atom stereocenters. The molecule has 21 heavy (non-hydrogen) atoms. The van der Waals surface area contributed by atoms with Crippen LogP contribution in [0.3, 0.4) is 0 Å². The predicted octanol–water partition coefficient (Wildman–Crippen LogP) is 2.29. The van der Waals surface area contributed by atoms with Crippen molar-refractivity contribution < 1.29 is 14.4 Å². The van der Waals surface area contributed by atoms with Crippen molar-refractivity contribution in [3.05, 3.63) is 29.8 Å². The highest BCUT2D eigenvalue weighted by Gasteiger charge is 2.08. The second-order valence-electron chi connectivity index (χ2n) is 5.01. The third-order valence-electron chi connectivity index (χ3n) is 2.51. The lowest BCUT2D eigenvalue weighted by Crippen LogP contribution is -2.27. The SMILES string of the molecule is CC(=O)SCC(=O)Nc1ccc(C(=O)NCC(C)C)cc1. The molecule has 0 radical (unpaired) electrons. The van der Waals surface area contributed by atoms with E-state index in [1.54, 1.807) is 24.3 Å². The number of amides is 2. The van der Waals surface area contributed by atoms with Gasteiger partial charge in [-0.2, -0.15) is 0 Å². The topological polar surface area (TPSA) is 75.3 Å². The van der Waals surface area contributed by atoms with Crippen molar-refractivity contribution in [3.63, 3.8) is 0 Å². The van der Waals surface area contributed by atoms with E-state index in [1.165, 1.54) is 6.92 Å². The van der Waals surface area contributed by atoms with Gasteiger partial charge in [0.15, 0.2) is 5.12 Å². The van der Waals surface area contributed by atoms with E-state index in [9.17, 15) is 14.4 Å². The van der Waals surface area contributed by atoms with E-state index < -0.39 is 0 Å². The molecule has 0 unspecified atom stereocenters. The van der Waals surface area contributed by atoms with Crippen LogP contribution in [-0.4, -0.2) is 29.2 Å². The van der Waals surface area contributed by atoms with Gasteiger partial charge in [-0.1, -0.05) is 25.6 Å². The molecule has 0 spiro atoms. The number of carbonyl (C=O) groups excluding carboxylic acids is 3. The van der Waals surface area contributed by atoms with Crippen LogP contribution >= 0.6 is 11.8 Å². The Morgan fingerprint density at radius 1 is 1.14 bits per heavy atom. The molecule has 114 valence electrons. The van der Waals surface area contributed by atoms with Crippen LogP contribution in [0, 0.1) is 5.92 Å². The normalized spacial score (nSPS) is 10.3. The Labute approximate surface area is 128 Å². The minimum absolute atomic E-state index is 0.0892. The Kier molecular flexibility index (Phi) is 6.94. The zero-order valence-electron chi connectivity index (χ0n) is 12.4. The number of nitrogens with one attached hydrogen (secondary N) is 2. The summed E-state index contributed by atoms with van der Waals surface area (Å²) < 4.78 is 0. The summed E-state index contributed by atoms with van der Waals surface area (Å²) in [5.74, 6) is 0.110. The molecule has 0 heterocycles. The van der Waals surface area contributed by atoms with E-state index in [1.807, 2.05) is 13.8 Å². The third kappa shape index (κ3) is 6.94. The molecule has 2 N–H and O–H groups in total. The van der Waals surface area contributed by atoms with Crippen LogP contribution in [0.1, 0.15) is 31.1 Å². The molecule has 1 aromatic carbocycles. The number of hydrogen-bond donors (Lipinski definition) is 2. The zero-order chi connectivity index (χ0) is 15.8. The molecule has 6 heteroatoms.